The number of hydrogen-bond acceptors (Lipinski definition) is 5. The molecular weight excluding hydrogens is 252 g/mol. The quantitative estimate of drug-likeness (QED) is 0.839. The van der Waals surface area contributed by atoms with Gasteiger partial charge in [0.2, 0.25) is 0 Å². The summed E-state index contributed by atoms with van der Waals surface area (Å²) in [5, 5.41) is 0. The molecule has 1 fully saturated rings. The third-order valence-electron chi connectivity index (χ3n) is 3.41. The van der Waals surface area contributed by atoms with E-state index in [4.69, 9.17) is 4.74 Å². The maximum Gasteiger partial charge on any atom is 0.147 e. The van der Waals surface area contributed by atoms with Crippen LogP contribution in [0.1, 0.15) is 26.5 Å². The normalized spacial score (nSPS) is 17.5. The van der Waals surface area contributed by atoms with Crippen LogP contribution >= 0.6 is 0 Å². The lowest BCUT2D eigenvalue weighted by molar-refractivity contribution is -0.0135. The summed E-state index contributed by atoms with van der Waals surface area (Å²) in [7, 11) is 0. The number of aromatic nitrogens is 2. The first kappa shape index (κ1) is 15.2. The van der Waals surface area contributed by atoms with Gasteiger partial charge in [-0.3, -0.25) is 9.88 Å². The molecule has 0 spiro atoms. The van der Waals surface area contributed by atoms with Gasteiger partial charge in [0, 0.05) is 32.7 Å². The molecule has 0 atom stereocenters. The van der Waals surface area contributed by atoms with Gasteiger partial charge >= 0.3 is 0 Å². The Bertz CT molecular complexity index is 405. The summed E-state index contributed by atoms with van der Waals surface area (Å²) < 4.78 is 5.78. The molecule has 0 amide bonds. The van der Waals surface area contributed by atoms with Crippen molar-refractivity contribution in [2.24, 2.45) is 0 Å². The molecular formula is C15H26N4O. The minimum Gasteiger partial charge on any atom is -0.375 e. The Kier molecular flexibility index (Phi) is 4.94. The highest BCUT2D eigenvalue weighted by molar-refractivity contribution is 5.36. The van der Waals surface area contributed by atoms with Crippen LogP contribution in [0.25, 0.3) is 0 Å². The van der Waals surface area contributed by atoms with Gasteiger partial charge in [0.05, 0.1) is 30.3 Å². The molecule has 0 unspecified atom stereocenters. The summed E-state index contributed by atoms with van der Waals surface area (Å²) >= 11 is 0. The van der Waals surface area contributed by atoms with Crippen LogP contribution in [0.2, 0.25) is 0 Å². The summed E-state index contributed by atoms with van der Waals surface area (Å²) in [4.78, 5) is 13.5. The molecule has 5 nitrogen and oxygen atoms in total. The van der Waals surface area contributed by atoms with E-state index >= 15 is 0 Å². The molecule has 20 heavy (non-hydrogen) atoms. The van der Waals surface area contributed by atoms with Crippen LogP contribution in [0.4, 0.5) is 5.82 Å². The number of nitrogens with zero attached hydrogens (tertiary/aromatic N) is 4. The lowest BCUT2D eigenvalue weighted by atomic mass is 10.2. The lowest BCUT2D eigenvalue weighted by Crippen LogP contribution is -2.48. The predicted octanol–water partition coefficient (Wildman–Crippen LogP) is 1.72. The molecule has 0 radical (unpaired) electrons. The molecule has 0 saturated carbocycles. The Morgan fingerprint density at radius 1 is 1.10 bits per heavy atom. The Labute approximate surface area is 122 Å². The monoisotopic (exact) mass is 278 g/mol. The molecule has 2 rings (SSSR count). The van der Waals surface area contributed by atoms with Crippen molar-refractivity contribution in [1.82, 2.24) is 14.9 Å². The van der Waals surface area contributed by atoms with Crippen molar-refractivity contribution in [2.75, 3.05) is 44.2 Å². The SMILES string of the molecule is Cc1cnc(N2CCN(CCOC(C)(C)C)CC2)cn1. The summed E-state index contributed by atoms with van der Waals surface area (Å²) in [5.41, 5.74) is 0.922. The van der Waals surface area contributed by atoms with Gasteiger partial charge in [0.1, 0.15) is 5.82 Å². The fourth-order valence-corrected chi connectivity index (χ4v) is 2.23. The summed E-state index contributed by atoms with van der Waals surface area (Å²) in [6, 6.07) is 0. The molecule has 1 aromatic rings. The fraction of sp³-hybridized carbons (Fsp3) is 0.733. The first-order valence-corrected chi connectivity index (χ1v) is 7.34. The van der Waals surface area contributed by atoms with Gasteiger partial charge in [-0.15, -0.1) is 0 Å². The Morgan fingerprint density at radius 2 is 1.80 bits per heavy atom. The van der Waals surface area contributed by atoms with E-state index in [1.54, 1.807) is 0 Å². The molecule has 0 N–H and O–H groups in total. The number of hydrogen-bond donors (Lipinski definition) is 0. The van der Waals surface area contributed by atoms with Crippen LogP contribution in [0.5, 0.6) is 0 Å². The minimum absolute atomic E-state index is 0.0424. The zero-order valence-corrected chi connectivity index (χ0v) is 13.1. The Balaban J connectivity index is 1.74. The van der Waals surface area contributed by atoms with Crippen LogP contribution in [0.3, 0.4) is 0 Å². The largest absolute Gasteiger partial charge is 0.375 e. The maximum atomic E-state index is 5.78. The summed E-state index contributed by atoms with van der Waals surface area (Å²) in [6.45, 7) is 14.2. The summed E-state index contributed by atoms with van der Waals surface area (Å²) in [6.07, 6.45) is 3.70. The Hall–Kier alpha value is -1.20. The van der Waals surface area contributed by atoms with Gasteiger partial charge in [-0.25, -0.2) is 4.98 Å². The van der Waals surface area contributed by atoms with E-state index in [2.05, 4.69) is 40.5 Å². The number of rotatable bonds is 4. The number of ether oxygens (including phenoxy) is 1. The van der Waals surface area contributed by atoms with Crippen molar-refractivity contribution < 1.29 is 4.74 Å². The molecule has 1 aromatic heterocycles. The second-order valence-electron chi connectivity index (χ2n) is 6.31. The molecule has 0 aliphatic carbocycles. The van der Waals surface area contributed by atoms with Crippen LogP contribution in [-0.4, -0.2) is 59.8 Å². The first-order chi connectivity index (χ1) is 9.44. The standard InChI is InChI=1S/C15H26N4O/c1-13-11-17-14(12-16-13)19-7-5-18(6-8-19)9-10-20-15(2,3)4/h11-12H,5-10H2,1-4H3. The highest BCUT2D eigenvalue weighted by Crippen LogP contribution is 2.12. The first-order valence-electron chi connectivity index (χ1n) is 7.34. The van der Waals surface area contributed by atoms with Crippen LogP contribution in [0.15, 0.2) is 12.4 Å². The van der Waals surface area contributed by atoms with Crippen LogP contribution in [-0.2, 0) is 4.74 Å². The highest BCUT2D eigenvalue weighted by Gasteiger charge is 2.18. The average Bonchev–Trinajstić information content (AvgIpc) is 2.39. The van der Waals surface area contributed by atoms with Gasteiger partial charge in [-0.2, -0.15) is 0 Å². The smallest absolute Gasteiger partial charge is 0.147 e. The molecule has 0 bridgehead atoms. The van der Waals surface area contributed by atoms with Crippen molar-refractivity contribution in [3.05, 3.63) is 18.1 Å². The second kappa shape index (κ2) is 6.50. The van der Waals surface area contributed by atoms with E-state index < -0.39 is 0 Å². The highest BCUT2D eigenvalue weighted by atomic mass is 16.5. The van der Waals surface area contributed by atoms with Crippen molar-refractivity contribution in [3.8, 4) is 0 Å². The van der Waals surface area contributed by atoms with Crippen molar-refractivity contribution >= 4 is 5.82 Å². The van der Waals surface area contributed by atoms with Crippen LogP contribution in [0, 0.1) is 6.92 Å². The third kappa shape index (κ3) is 4.72. The molecule has 2 heterocycles. The van der Waals surface area contributed by atoms with E-state index in [-0.39, 0.29) is 5.60 Å². The predicted molar refractivity (Wildman–Crippen MR) is 81.1 cm³/mol. The van der Waals surface area contributed by atoms with E-state index in [1.165, 1.54) is 0 Å². The zero-order valence-electron chi connectivity index (χ0n) is 13.1. The molecule has 112 valence electrons. The third-order valence-corrected chi connectivity index (χ3v) is 3.41. The number of piperazine rings is 1. The fourth-order valence-electron chi connectivity index (χ4n) is 2.23. The maximum absolute atomic E-state index is 5.78. The van der Waals surface area contributed by atoms with Gasteiger partial charge in [-0.05, 0) is 27.7 Å². The number of aryl methyl sites for hydroxylation is 1. The topological polar surface area (TPSA) is 41.5 Å². The molecule has 1 saturated heterocycles. The Morgan fingerprint density at radius 3 is 2.35 bits per heavy atom. The zero-order chi connectivity index (χ0) is 14.6. The van der Waals surface area contributed by atoms with Gasteiger partial charge < -0.3 is 9.64 Å². The van der Waals surface area contributed by atoms with Crippen LogP contribution < -0.4 is 4.90 Å². The van der Waals surface area contributed by atoms with Gasteiger partial charge in [0.15, 0.2) is 0 Å². The van der Waals surface area contributed by atoms with Crippen molar-refractivity contribution in [1.29, 1.82) is 0 Å². The second-order valence-corrected chi connectivity index (χ2v) is 6.31. The molecule has 5 heteroatoms. The van der Waals surface area contributed by atoms with E-state index in [0.717, 1.165) is 50.8 Å². The summed E-state index contributed by atoms with van der Waals surface area (Å²) in [5.74, 6) is 0.987. The van der Waals surface area contributed by atoms with E-state index in [1.807, 2.05) is 19.3 Å². The molecule has 1 aliphatic rings. The van der Waals surface area contributed by atoms with Crippen molar-refractivity contribution in [3.63, 3.8) is 0 Å². The molecule has 0 aromatic carbocycles. The number of anilines is 1. The lowest BCUT2D eigenvalue weighted by Gasteiger charge is -2.35. The van der Waals surface area contributed by atoms with E-state index in [0.29, 0.717) is 0 Å². The average molecular weight is 278 g/mol. The van der Waals surface area contributed by atoms with E-state index in [9.17, 15) is 0 Å². The minimum atomic E-state index is -0.0424. The molecule has 1 aliphatic heterocycles. The van der Waals surface area contributed by atoms with Crippen molar-refractivity contribution in [2.45, 2.75) is 33.3 Å². The van der Waals surface area contributed by atoms with Gasteiger partial charge in [0.25, 0.3) is 0 Å². The van der Waals surface area contributed by atoms with Gasteiger partial charge in [-0.1, -0.05) is 0 Å².